The van der Waals surface area contributed by atoms with Gasteiger partial charge in [0.2, 0.25) is 34.1 Å². The van der Waals surface area contributed by atoms with Crippen molar-refractivity contribution in [3.8, 4) is 5.88 Å². The number of alkyl carbamates (subject to hydrolysis) is 1. The van der Waals surface area contributed by atoms with Crippen LogP contribution < -0.4 is 20.1 Å². The van der Waals surface area contributed by atoms with E-state index in [-0.39, 0.29) is 36.2 Å². The molecule has 1 unspecified atom stereocenters. The van der Waals surface area contributed by atoms with Gasteiger partial charge in [-0.05, 0) is 87.2 Å². The van der Waals surface area contributed by atoms with Crippen molar-refractivity contribution >= 4 is 44.9 Å². The summed E-state index contributed by atoms with van der Waals surface area (Å²) in [6.45, 7) is 7.56. The quantitative estimate of drug-likeness (QED) is 0.327. The second kappa shape index (κ2) is 14.7. The zero-order valence-electron chi connectivity index (χ0n) is 34.2. The molecule has 1 aromatic heterocycles. The van der Waals surface area contributed by atoms with E-state index in [0.29, 0.717) is 31.1 Å². The molecule has 4 saturated carbocycles. The lowest BCUT2D eigenvalue weighted by Crippen LogP contribution is -2.61. The highest BCUT2D eigenvalue weighted by molar-refractivity contribution is 7.91. The molecule has 60 heavy (non-hydrogen) atoms. The Balaban J connectivity index is 1.17. The van der Waals surface area contributed by atoms with Crippen LogP contribution in [0.1, 0.15) is 98.1 Å². The topological polar surface area (TPSA) is 186 Å². The van der Waals surface area contributed by atoms with E-state index in [1.165, 1.54) is 13.8 Å². The van der Waals surface area contributed by atoms with Crippen LogP contribution in [0.4, 0.5) is 22.4 Å². The monoisotopic (exact) mass is 864 g/mol. The number of fused-ring (bicyclic) bond motifs is 7. The molecule has 0 radical (unpaired) electrons. The van der Waals surface area contributed by atoms with Crippen molar-refractivity contribution in [2.24, 2.45) is 35.0 Å². The Morgan fingerprint density at radius 1 is 0.983 bits per heavy atom. The normalized spacial score (nSPS) is 34.8. The molecule has 19 heteroatoms. The van der Waals surface area contributed by atoms with Gasteiger partial charge in [0.15, 0.2) is 5.69 Å². The molecule has 328 valence electrons. The lowest BCUT2D eigenvalue weighted by molar-refractivity contribution is -0.143. The van der Waals surface area contributed by atoms with E-state index >= 15 is 8.78 Å². The molecule has 3 heterocycles. The van der Waals surface area contributed by atoms with Crippen molar-refractivity contribution in [3.63, 3.8) is 0 Å². The van der Waals surface area contributed by atoms with Gasteiger partial charge >= 0.3 is 6.09 Å². The Kier molecular flexibility index (Phi) is 10.4. The number of para-hydroxylation sites is 2. The molecule has 3 N–H and O–H groups in total. The first-order valence-electron chi connectivity index (χ1n) is 20.8. The van der Waals surface area contributed by atoms with E-state index in [4.69, 9.17) is 9.47 Å². The van der Waals surface area contributed by atoms with Crippen LogP contribution >= 0.6 is 0 Å². The average molecular weight is 865 g/mol. The third-order valence-electron chi connectivity index (χ3n) is 13.8. The van der Waals surface area contributed by atoms with Gasteiger partial charge in [-0.3, -0.25) is 19.1 Å². The van der Waals surface area contributed by atoms with Gasteiger partial charge in [0.05, 0.1) is 28.2 Å². The Morgan fingerprint density at radius 2 is 1.67 bits per heavy atom. The second-order valence-corrected chi connectivity index (χ2v) is 21.4. The highest BCUT2D eigenvalue weighted by atomic mass is 32.2. The molecule has 4 amide bonds. The van der Waals surface area contributed by atoms with Gasteiger partial charge in [-0.15, -0.1) is 0 Å². The third kappa shape index (κ3) is 7.65. The zero-order valence-corrected chi connectivity index (χ0v) is 35.0. The van der Waals surface area contributed by atoms with Gasteiger partial charge in [-0.2, -0.15) is 8.78 Å². The van der Waals surface area contributed by atoms with Gasteiger partial charge in [0.25, 0.3) is 11.8 Å². The lowest BCUT2D eigenvalue weighted by atomic mass is 9.85. The maximum absolute atomic E-state index is 16.4. The fourth-order valence-corrected chi connectivity index (χ4v) is 10.9. The number of nitrogens with zero attached hydrogens (tertiary/aromatic N) is 3. The van der Waals surface area contributed by atoms with E-state index in [9.17, 15) is 36.4 Å². The van der Waals surface area contributed by atoms with Crippen molar-refractivity contribution < 1.29 is 54.6 Å². The van der Waals surface area contributed by atoms with Gasteiger partial charge in [-0.25, -0.2) is 32.0 Å². The first-order valence-corrected chi connectivity index (χ1v) is 22.3. The number of carbonyl (C=O) groups excluding carboxylic acids is 4. The number of hydrogen-bond acceptors (Lipinski definition) is 10. The van der Waals surface area contributed by atoms with Crippen LogP contribution in [-0.2, 0) is 35.1 Å². The Labute approximate surface area is 345 Å². The molecular formula is C41H52F4N6O8S. The minimum Gasteiger partial charge on any atom is -0.471 e. The maximum Gasteiger partial charge on any atom is 0.408 e. The minimum absolute atomic E-state index is 0.0456. The fraction of sp³-hybridized carbons (Fsp3) is 0.707. The molecule has 0 spiro atoms. The lowest BCUT2D eigenvalue weighted by Gasteiger charge is -2.36. The van der Waals surface area contributed by atoms with Crippen LogP contribution in [-0.4, -0.2) is 94.6 Å². The molecule has 1 saturated heterocycles. The van der Waals surface area contributed by atoms with Gasteiger partial charge in [0.1, 0.15) is 29.8 Å². The Bertz CT molecular complexity index is 2200. The standard InChI is InChI=1S/C41H52F4N6O8S/c1-20-28-19-51(29(20)33(52)49-40(18-24(40)32(42)43)36(54)50-60(56,57)39(5)14-15-39)35(53)31(38(2,3)4)48-37(55)59-27-17-21-16-23(21)22(27)10-8-9-13-41(44,45)30-34(58-28)47-26-12-7-6-11-25(26)46-30/h6-7,11-12,20-24,27-29,31-32H,8-10,13-19H2,1-5H3,(H,48,55)(H,49,52)(H,50,54)/t20-,21?,22-,23+,24+,27-,28+,29+,31-,40-/m1/s1. The number of sulfonamides is 1. The number of rotatable bonds is 6. The number of nitrogens with one attached hydrogen (secondary N) is 3. The summed E-state index contributed by atoms with van der Waals surface area (Å²) in [7, 11) is -4.30. The number of amides is 4. The van der Waals surface area contributed by atoms with Crippen molar-refractivity contribution in [1.29, 1.82) is 0 Å². The molecule has 6 aliphatic rings. The number of halogens is 4. The predicted molar refractivity (Wildman–Crippen MR) is 207 cm³/mol. The third-order valence-corrected chi connectivity index (χ3v) is 16.0. The molecule has 2 bridgehead atoms. The van der Waals surface area contributed by atoms with E-state index < -0.39 is 129 Å². The summed E-state index contributed by atoms with van der Waals surface area (Å²) in [4.78, 5) is 66.5. The van der Waals surface area contributed by atoms with Gasteiger partial charge < -0.3 is 25.0 Å². The molecule has 5 fully saturated rings. The van der Waals surface area contributed by atoms with Crippen LogP contribution in [0.2, 0.25) is 0 Å². The van der Waals surface area contributed by atoms with Crippen LogP contribution in [0.3, 0.4) is 0 Å². The number of carbonyl (C=O) groups is 4. The molecule has 8 rings (SSSR count). The number of aromatic nitrogens is 2. The zero-order chi connectivity index (χ0) is 43.3. The summed E-state index contributed by atoms with van der Waals surface area (Å²) in [5.41, 5.74) is -3.61. The Hall–Kier alpha value is -4.29. The smallest absolute Gasteiger partial charge is 0.408 e. The number of alkyl halides is 4. The van der Waals surface area contributed by atoms with E-state index in [1.807, 2.05) is 4.72 Å². The van der Waals surface area contributed by atoms with Gasteiger partial charge in [0, 0.05) is 12.3 Å². The predicted octanol–water partition coefficient (Wildman–Crippen LogP) is 5.19. The van der Waals surface area contributed by atoms with Crippen molar-refractivity contribution in [2.75, 3.05) is 6.54 Å². The summed E-state index contributed by atoms with van der Waals surface area (Å²) in [5.74, 6) is -9.43. The summed E-state index contributed by atoms with van der Waals surface area (Å²) in [5, 5.41) is 5.12. The Morgan fingerprint density at radius 3 is 2.30 bits per heavy atom. The molecule has 2 aliphatic heterocycles. The molecular weight excluding hydrogens is 813 g/mol. The maximum atomic E-state index is 16.4. The molecule has 14 nitrogen and oxygen atoms in total. The van der Waals surface area contributed by atoms with Gasteiger partial charge in [-0.1, -0.05) is 46.2 Å². The van der Waals surface area contributed by atoms with Crippen molar-refractivity contribution in [2.45, 2.75) is 139 Å². The largest absolute Gasteiger partial charge is 0.471 e. The number of hydrogen-bond donors (Lipinski definition) is 3. The van der Waals surface area contributed by atoms with Crippen molar-refractivity contribution in [3.05, 3.63) is 30.0 Å². The highest BCUT2D eigenvalue weighted by Gasteiger charge is 2.68. The summed E-state index contributed by atoms with van der Waals surface area (Å²) < 4.78 is 100. The summed E-state index contributed by atoms with van der Waals surface area (Å²) >= 11 is 0. The van der Waals surface area contributed by atoms with E-state index in [2.05, 4.69) is 20.6 Å². The van der Waals surface area contributed by atoms with E-state index in [0.717, 1.165) is 11.3 Å². The number of ether oxygens (including phenoxy) is 2. The van der Waals surface area contributed by atoms with Crippen LogP contribution in [0.5, 0.6) is 5.88 Å². The van der Waals surface area contributed by atoms with E-state index in [1.54, 1.807) is 45.0 Å². The second-order valence-electron chi connectivity index (χ2n) is 19.2. The van der Waals surface area contributed by atoms with Crippen LogP contribution in [0.15, 0.2) is 24.3 Å². The fourth-order valence-electron chi connectivity index (χ4n) is 9.59. The summed E-state index contributed by atoms with van der Waals surface area (Å²) in [6.07, 6.45) is -3.67. The first-order chi connectivity index (χ1) is 28.0. The first kappa shape index (κ1) is 42.4. The average Bonchev–Trinajstić information content (AvgIpc) is 4.12. The van der Waals surface area contributed by atoms with Crippen LogP contribution in [0.25, 0.3) is 11.0 Å². The minimum atomic E-state index is -4.30. The SMILES string of the molecule is C[C@@H]1[C@@H]2CN(C(=O)[C@H](C(C)(C)C)NC(=O)O[C@@H]3CC4C[C@@H]4[C@H]3CCCCC(F)(F)c3nc4ccccc4nc3O2)[C@@H]1C(=O)N[C@]1(C(=O)NS(=O)(=O)C2(C)CC2)C[C@H]1C(F)F. The summed E-state index contributed by atoms with van der Waals surface area (Å²) in [6, 6.07) is 3.50. The molecule has 2 aromatic rings. The molecule has 10 atom stereocenters. The molecule has 1 aromatic carbocycles. The highest BCUT2D eigenvalue weighted by Crippen LogP contribution is 2.58. The van der Waals surface area contributed by atoms with Crippen molar-refractivity contribution in [1.82, 2.24) is 30.2 Å². The van der Waals surface area contributed by atoms with Crippen LogP contribution in [0, 0.1) is 35.0 Å². The molecule has 4 aliphatic carbocycles. The number of benzene rings is 1.